The highest BCUT2D eigenvalue weighted by atomic mass is 32.3. The second-order valence-electron chi connectivity index (χ2n) is 12.2. The van der Waals surface area contributed by atoms with Crippen molar-refractivity contribution in [1.29, 1.82) is 0 Å². The van der Waals surface area contributed by atoms with Gasteiger partial charge >= 0.3 is 4.38 Å². The standard InChI is InChI=1S/C33H66N2O4S2/c1-3-5-7-9-11-13-15-17-19-21-23-25-27-29-31-40(36,37)33(35-34)41(38,39)32-30-28-26-24-22-20-18-16-14-12-10-8-6-4-2/h3-32H2,1-2H3. The molecule has 0 unspecified atom stereocenters. The summed E-state index contributed by atoms with van der Waals surface area (Å²) in [7, 11) is -8.21. The molecule has 0 aromatic heterocycles. The van der Waals surface area contributed by atoms with E-state index in [1.165, 1.54) is 128 Å². The maximum Gasteiger partial charge on any atom is 0.495 e. The van der Waals surface area contributed by atoms with Gasteiger partial charge in [-0.05, 0) is 12.8 Å². The van der Waals surface area contributed by atoms with Crippen molar-refractivity contribution < 1.29 is 21.6 Å². The minimum atomic E-state index is -4.10. The summed E-state index contributed by atoms with van der Waals surface area (Å²) in [5, 5.41) is 0. The van der Waals surface area contributed by atoms with Gasteiger partial charge in [-0.2, -0.15) is 0 Å². The Bertz CT molecular complexity index is 786. The molecular weight excluding hydrogens is 553 g/mol. The van der Waals surface area contributed by atoms with E-state index in [0.717, 1.165) is 38.5 Å². The van der Waals surface area contributed by atoms with Gasteiger partial charge in [-0.1, -0.05) is 181 Å². The van der Waals surface area contributed by atoms with E-state index in [9.17, 15) is 22.4 Å². The van der Waals surface area contributed by atoms with Crippen molar-refractivity contribution in [2.75, 3.05) is 11.5 Å². The van der Waals surface area contributed by atoms with Crippen LogP contribution in [0, 0.1) is 0 Å². The highest BCUT2D eigenvalue weighted by Crippen LogP contribution is 2.16. The Hall–Kier alpha value is -0.720. The number of sulfone groups is 2. The van der Waals surface area contributed by atoms with Crippen molar-refractivity contribution in [3.05, 3.63) is 5.53 Å². The molecule has 0 spiro atoms. The molecule has 0 heterocycles. The fraction of sp³-hybridized carbons (Fsp3) is 0.970. The maximum atomic E-state index is 12.6. The molecule has 0 aliphatic heterocycles. The van der Waals surface area contributed by atoms with E-state index in [1.54, 1.807) is 0 Å². The van der Waals surface area contributed by atoms with Crippen LogP contribution in [-0.4, -0.2) is 37.5 Å². The zero-order chi connectivity index (χ0) is 30.5. The smallest absolute Gasteiger partial charge is 0.359 e. The molecule has 0 fully saturated rings. The van der Waals surface area contributed by atoms with Crippen LogP contribution in [0.25, 0.3) is 5.53 Å². The third kappa shape index (κ3) is 24.4. The zero-order valence-corrected chi connectivity index (χ0v) is 28.7. The lowest BCUT2D eigenvalue weighted by molar-refractivity contribution is 0.00380. The van der Waals surface area contributed by atoms with Gasteiger partial charge in [0.1, 0.15) is 0 Å². The third-order valence-corrected chi connectivity index (χ3v) is 12.6. The van der Waals surface area contributed by atoms with Crippen LogP contribution in [-0.2, 0) is 19.7 Å². The predicted molar refractivity (Wildman–Crippen MR) is 177 cm³/mol. The largest absolute Gasteiger partial charge is 0.495 e. The first kappa shape index (κ1) is 40.3. The number of unbranched alkanes of at least 4 members (excludes halogenated alkanes) is 26. The van der Waals surface area contributed by atoms with Crippen LogP contribution in [0.1, 0.15) is 194 Å². The van der Waals surface area contributed by atoms with Gasteiger partial charge in [-0.3, -0.25) is 0 Å². The minimum Gasteiger partial charge on any atom is -0.359 e. The third-order valence-electron chi connectivity index (χ3n) is 8.15. The number of rotatable bonds is 30. The summed E-state index contributed by atoms with van der Waals surface area (Å²) < 4.78 is 49.4. The second kappa shape index (κ2) is 28.1. The van der Waals surface area contributed by atoms with Gasteiger partial charge in [0.25, 0.3) is 19.7 Å². The van der Waals surface area contributed by atoms with Crippen LogP contribution in [0.15, 0.2) is 0 Å². The Morgan fingerprint density at radius 1 is 0.390 bits per heavy atom. The summed E-state index contributed by atoms with van der Waals surface area (Å²) in [6.45, 7) is 4.48. The van der Waals surface area contributed by atoms with Gasteiger partial charge in [-0.15, -0.1) is 4.79 Å². The van der Waals surface area contributed by atoms with Crippen molar-refractivity contribution >= 4 is 24.1 Å². The van der Waals surface area contributed by atoms with E-state index < -0.39 is 24.1 Å². The van der Waals surface area contributed by atoms with Gasteiger partial charge < -0.3 is 5.53 Å². The summed E-state index contributed by atoms with van der Waals surface area (Å²) in [4.78, 5) is 2.74. The van der Waals surface area contributed by atoms with Crippen molar-refractivity contribution in [2.24, 2.45) is 0 Å². The van der Waals surface area contributed by atoms with Crippen LogP contribution >= 0.6 is 0 Å². The van der Waals surface area contributed by atoms with E-state index in [4.69, 9.17) is 0 Å². The average Bonchev–Trinajstić information content (AvgIpc) is 2.93. The molecule has 0 saturated heterocycles. The molecule has 8 heteroatoms. The molecule has 41 heavy (non-hydrogen) atoms. The zero-order valence-electron chi connectivity index (χ0n) is 27.1. The molecular formula is C33H66N2O4S2. The van der Waals surface area contributed by atoms with Gasteiger partial charge in [0.2, 0.25) is 0 Å². The SMILES string of the molecule is CCCCCCCCCCCCCCCCS(=O)(=O)C(=[N+]=[N-])S(=O)(=O)CCCCCCCCCCCCCCCC. The molecule has 0 amide bonds. The number of hydrogen-bond donors (Lipinski definition) is 0. The molecule has 244 valence electrons. The summed E-state index contributed by atoms with van der Waals surface area (Å²) in [6.07, 6.45) is 32.4. The summed E-state index contributed by atoms with van der Waals surface area (Å²) in [6, 6.07) is 0. The minimum absolute atomic E-state index is 0.275. The number of nitrogens with zero attached hydrogens (tertiary/aromatic N) is 2. The summed E-state index contributed by atoms with van der Waals surface area (Å²) in [5.74, 6) is -0.551. The van der Waals surface area contributed by atoms with Gasteiger partial charge in [0, 0.05) is 0 Å². The van der Waals surface area contributed by atoms with Crippen LogP contribution in [0.5, 0.6) is 0 Å². The van der Waals surface area contributed by atoms with E-state index in [0.29, 0.717) is 12.8 Å². The average molecular weight is 619 g/mol. The van der Waals surface area contributed by atoms with E-state index in [-0.39, 0.29) is 11.5 Å². The Balaban J connectivity index is 3.89. The van der Waals surface area contributed by atoms with Crippen LogP contribution < -0.4 is 0 Å². The molecule has 0 rings (SSSR count). The van der Waals surface area contributed by atoms with E-state index >= 15 is 0 Å². The first-order valence-electron chi connectivity index (χ1n) is 17.5. The molecule has 0 radical (unpaired) electrons. The molecule has 6 nitrogen and oxygen atoms in total. The molecule has 0 saturated carbocycles. The van der Waals surface area contributed by atoms with E-state index in [1.807, 2.05) is 0 Å². The van der Waals surface area contributed by atoms with Crippen LogP contribution in [0.4, 0.5) is 0 Å². The monoisotopic (exact) mass is 618 g/mol. The van der Waals surface area contributed by atoms with Crippen LogP contribution in [0.2, 0.25) is 0 Å². The Morgan fingerprint density at radius 3 is 0.780 bits per heavy atom. The quantitative estimate of drug-likeness (QED) is 0.0262. The normalized spacial score (nSPS) is 12.0. The molecule has 0 aliphatic rings. The highest BCUT2D eigenvalue weighted by Gasteiger charge is 2.40. The molecule has 0 aromatic rings. The fourth-order valence-corrected chi connectivity index (χ4v) is 9.28. The highest BCUT2D eigenvalue weighted by molar-refractivity contribution is 8.31. The van der Waals surface area contributed by atoms with E-state index in [2.05, 4.69) is 18.6 Å². The fourth-order valence-electron chi connectivity index (χ4n) is 5.47. The summed E-state index contributed by atoms with van der Waals surface area (Å²) >= 11 is 0. The maximum absolute atomic E-state index is 12.6. The lowest BCUT2D eigenvalue weighted by atomic mass is 10.0. The van der Waals surface area contributed by atoms with Crippen molar-refractivity contribution in [2.45, 2.75) is 194 Å². The van der Waals surface area contributed by atoms with Gasteiger partial charge in [0.15, 0.2) is 0 Å². The lowest BCUT2D eigenvalue weighted by Crippen LogP contribution is -2.30. The molecule has 0 N–H and O–H groups in total. The molecule has 0 bridgehead atoms. The van der Waals surface area contributed by atoms with Gasteiger partial charge in [-0.25, -0.2) is 16.8 Å². The lowest BCUT2D eigenvalue weighted by Gasteiger charge is -2.05. The second-order valence-corrected chi connectivity index (χ2v) is 16.5. The molecule has 0 aliphatic carbocycles. The molecule has 0 atom stereocenters. The van der Waals surface area contributed by atoms with Crippen molar-refractivity contribution in [1.82, 2.24) is 0 Å². The first-order valence-corrected chi connectivity index (χ1v) is 20.8. The summed E-state index contributed by atoms with van der Waals surface area (Å²) in [5.41, 5.74) is 9.26. The Kier molecular flexibility index (Phi) is 27.6. The Morgan fingerprint density at radius 2 is 0.585 bits per heavy atom. The first-order chi connectivity index (χ1) is 19.8. The topological polar surface area (TPSA) is 105 Å². The Labute approximate surface area is 255 Å². The number of hydrogen-bond acceptors (Lipinski definition) is 4. The van der Waals surface area contributed by atoms with Gasteiger partial charge in [0.05, 0.1) is 11.5 Å². The molecule has 0 aromatic carbocycles. The van der Waals surface area contributed by atoms with Crippen molar-refractivity contribution in [3.8, 4) is 0 Å². The predicted octanol–water partition coefficient (Wildman–Crippen LogP) is 10.4. The van der Waals surface area contributed by atoms with Crippen molar-refractivity contribution in [3.63, 3.8) is 0 Å². The van der Waals surface area contributed by atoms with Crippen LogP contribution in [0.3, 0.4) is 0 Å².